The van der Waals surface area contributed by atoms with Gasteiger partial charge in [0.25, 0.3) is 5.91 Å². The third-order valence-corrected chi connectivity index (χ3v) is 6.21. The van der Waals surface area contributed by atoms with Crippen molar-refractivity contribution < 1.29 is 14.3 Å². The third kappa shape index (κ3) is 3.91. The molecule has 3 aliphatic rings. The Morgan fingerprint density at radius 1 is 1.19 bits per heavy atom. The van der Waals surface area contributed by atoms with Crippen molar-refractivity contribution in [3.63, 3.8) is 0 Å². The summed E-state index contributed by atoms with van der Waals surface area (Å²) < 4.78 is 11.2. The topological polar surface area (TPSA) is 75.7 Å². The van der Waals surface area contributed by atoms with Crippen LogP contribution in [0.3, 0.4) is 0 Å². The molecule has 0 radical (unpaired) electrons. The predicted octanol–water partition coefficient (Wildman–Crippen LogP) is 3.11. The molecule has 1 atom stereocenters. The van der Waals surface area contributed by atoms with Crippen LogP contribution in [0.25, 0.3) is 5.57 Å². The molecule has 0 saturated carbocycles. The molecule has 162 valence electrons. The molecule has 2 aromatic rings. The van der Waals surface area contributed by atoms with E-state index in [-0.39, 0.29) is 18.0 Å². The van der Waals surface area contributed by atoms with Gasteiger partial charge in [-0.1, -0.05) is 6.07 Å². The first-order chi connectivity index (χ1) is 15.2. The molecule has 1 aromatic heterocycles. The maximum absolute atomic E-state index is 13.6. The van der Waals surface area contributed by atoms with E-state index < -0.39 is 0 Å². The monoisotopic (exact) mass is 420 g/mol. The summed E-state index contributed by atoms with van der Waals surface area (Å²) in [4.78, 5) is 19.8. The normalized spacial score (nSPS) is 22.7. The maximum Gasteiger partial charge on any atom is 0.261 e. The quantitative estimate of drug-likeness (QED) is 0.741. The van der Waals surface area contributed by atoms with Gasteiger partial charge in [0.15, 0.2) is 0 Å². The Morgan fingerprint density at radius 2 is 2.06 bits per heavy atom. The Bertz CT molecular complexity index is 978. The van der Waals surface area contributed by atoms with Crippen LogP contribution in [0.15, 0.2) is 48.4 Å². The number of aromatic nitrogens is 1. The lowest BCUT2D eigenvalue weighted by Gasteiger charge is -2.31. The molecule has 2 N–H and O–H groups in total. The minimum absolute atomic E-state index is 0.0624. The Balaban J connectivity index is 1.51. The largest absolute Gasteiger partial charge is 0.383 e. The van der Waals surface area contributed by atoms with Gasteiger partial charge in [-0.05, 0) is 49.6 Å². The van der Waals surface area contributed by atoms with Crippen molar-refractivity contribution in [1.82, 2.24) is 10.3 Å². The number of morpholine rings is 1. The number of hydrogen-bond acceptors (Lipinski definition) is 6. The highest BCUT2D eigenvalue weighted by molar-refractivity contribution is 6.33. The Hall–Kier alpha value is -2.90. The summed E-state index contributed by atoms with van der Waals surface area (Å²) in [6, 6.07) is 10.5. The highest BCUT2D eigenvalue weighted by atomic mass is 16.5. The van der Waals surface area contributed by atoms with E-state index in [1.54, 1.807) is 6.20 Å². The van der Waals surface area contributed by atoms with Crippen LogP contribution in [0.4, 0.5) is 11.4 Å². The lowest BCUT2D eigenvalue weighted by atomic mass is 10.0. The van der Waals surface area contributed by atoms with Crippen molar-refractivity contribution in [3.05, 3.63) is 59.5 Å². The molecule has 1 aromatic carbocycles. The second-order valence-corrected chi connectivity index (χ2v) is 8.24. The SMILES string of the molecule is CC(Nc1ccc2c(c1)/C(=C1\COCCN1)C(=O)N2C1CCOCC1)c1cccnc1. The number of nitrogens with one attached hydrogen (secondary N) is 2. The molecule has 4 heterocycles. The lowest BCUT2D eigenvalue weighted by molar-refractivity contribution is -0.113. The van der Waals surface area contributed by atoms with Gasteiger partial charge in [-0.15, -0.1) is 0 Å². The van der Waals surface area contributed by atoms with Crippen LogP contribution in [0.5, 0.6) is 0 Å². The van der Waals surface area contributed by atoms with Gasteiger partial charge in [-0.25, -0.2) is 0 Å². The van der Waals surface area contributed by atoms with Gasteiger partial charge >= 0.3 is 0 Å². The van der Waals surface area contributed by atoms with E-state index in [0.29, 0.717) is 33.0 Å². The molecule has 0 spiro atoms. The molecule has 7 nitrogen and oxygen atoms in total. The second-order valence-electron chi connectivity index (χ2n) is 8.24. The van der Waals surface area contributed by atoms with E-state index in [1.807, 2.05) is 17.2 Å². The molecule has 2 fully saturated rings. The van der Waals surface area contributed by atoms with Gasteiger partial charge in [0, 0.05) is 49.4 Å². The summed E-state index contributed by atoms with van der Waals surface area (Å²) in [6.07, 6.45) is 5.36. The Labute approximate surface area is 182 Å². The minimum atomic E-state index is 0.0624. The van der Waals surface area contributed by atoms with Gasteiger partial charge < -0.3 is 25.0 Å². The predicted molar refractivity (Wildman–Crippen MR) is 120 cm³/mol. The van der Waals surface area contributed by atoms with Crippen molar-refractivity contribution in [2.24, 2.45) is 0 Å². The molecule has 5 rings (SSSR count). The van der Waals surface area contributed by atoms with Crippen molar-refractivity contribution in [1.29, 1.82) is 0 Å². The van der Waals surface area contributed by atoms with Crippen LogP contribution in [-0.4, -0.2) is 49.9 Å². The lowest BCUT2D eigenvalue weighted by Crippen LogP contribution is -2.42. The van der Waals surface area contributed by atoms with Crippen LogP contribution in [0.1, 0.15) is 36.9 Å². The third-order valence-electron chi connectivity index (χ3n) is 6.21. The first-order valence-electron chi connectivity index (χ1n) is 11.0. The average Bonchev–Trinajstić information content (AvgIpc) is 3.11. The molecule has 7 heteroatoms. The molecule has 0 bridgehead atoms. The van der Waals surface area contributed by atoms with Crippen molar-refractivity contribution in [3.8, 4) is 0 Å². The van der Waals surface area contributed by atoms with Crippen LogP contribution in [0, 0.1) is 0 Å². The molecule has 0 aliphatic carbocycles. The first-order valence-corrected chi connectivity index (χ1v) is 11.0. The van der Waals surface area contributed by atoms with Crippen LogP contribution in [0.2, 0.25) is 0 Å². The summed E-state index contributed by atoms with van der Waals surface area (Å²) >= 11 is 0. The number of hydrogen-bond donors (Lipinski definition) is 2. The summed E-state index contributed by atoms with van der Waals surface area (Å²) in [5.41, 5.74) is 5.65. The molecule has 1 amide bonds. The first kappa shape index (κ1) is 20.0. The highest BCUT2D eigenvalue weighted by Crippen LogP contribution is 2.42. The summed E-state index contributed by atoms with van der Waals surface area (Å²) in [7, 11) is 0. The highest BCUT2D eigenvalue weighted by Gasteiger charge is 2.39. The zero-order valence-corrected chi connectivity index (χ0v) is 17.8. The maximum atomic E-state index is 13.6. The fourth-order valence-corrected chi connectivity index (χ4v) is 4.60. The zero-order chi connectivity index (χ0) is 21.2. The number of fused-ring (bicyclic) bond motifs is 1. The molecule has 3 aliphatic heterocycles. The number of benzene rings is 1. The van der Waals surface area contributed by atoms with E-state index in [2.05, 4.69) is 46.8 Å². The zero-order valence-electron chi connectivity index (χ0n) is 17.8. The molecule has 1 unspecified atom stereocenters. The molecule has 31 heavy (non-hydrogen) atoms. The van der Waals surface area contributed by atoms with Gasteiger partial charge in [0.1, 0.15) is 0 Å². The standard InChI is InChI=1S/C24H28N4O3/c1-16(17-3-2-8-25-14-17)27-18-4-5-22-20(13-18)23(21-15-31-12-9-26-21)24(29)28(22)19-6-10-30-11-7-19/h2-5,8,13-14,16,19,26-27H,6-7,9-12,15H2,1H3/b23-21-. The number of carbonyl (C=O) groups excluding carboxylic acids is 1. The van der Waals surface area contributed by atoms with Gasteiger partial charge in [0.2, 0.25) is 0 Å². The smallest absolute Gasteiger partial charge is 0.261 e. The van der Waals surface area contributed by atoms with Crippen LogP contribution >= 0.6 is 0 Å². The van der Waals surface area contributed by atoms with E-state index in [4.69, 9.17) is 9.47 Å². The van der Waals surface area contributed by atoms with Gasteiger partial charge in [0.05, 0.1) is 36.2 Å². The number of carbonyl (C=O) groups is 1. The van der Waals surface area contributed by atoms with Crippen LogP contribution < -0.4 is 15.5 Å². The second kappa shape index (κ2) is 8.69. The van der Waals surface area contributed by atoms with Gasteiger partial charge in [-0.3, -0.25) is 9.78 Å². The van der Waals surface area contributed by atoms with E-state index in [0.717, 1.165) is 46.6 Å². The number of nitrogens with zero attached hydrogens (tertiary/aromatic N) is 2. The fraction of sp³-hybridized carbons (Fsp3) is 0.417. The average molecular weight is 421 g/mol. The molecule has 2 saturated heterocycles. The van der Waals surface area contributed by atoms with E-state index >= 15 is 0 Å². The Kier molecular flexibility index (Phi) is 5.61. The Morgan fingerprint density at radius 3 is 2.81 bits per heavy atom. The fourth-order valence-electron chi connectivity index (χ4n) is 4.60. The number of anilines is 2. The number of amides is 1. The number of pyridine rings is 1. The van der Waals surface area contributed by atoms with Crippen molar-refractivity contribution >= 4 is 22.9 Å². The minimum Gasteiger partial charge on any atom is -0.383 e. The number of rotatable bonds is 4. The van der Waals surface area contributed by atoms with E-state index in [1.165, 1.54) is 0 Å². The van der Waals surface area contributed by atoms with Crippen LogP contribution in [-0.2, 0) is 14.3 Å². The molecular weight excluding hydrogens is 392 g/mol. The molecular formula is C24H28N4O3. The summed E-state index contributed by atoms with van der Waals surface area (Å²) in [5, 5.41) is 6.95. The van der Waals surface area contributed by atoms with E-state index in [9.17, 15) is 4.79 Å². The van der Waals surface area contributed by atoms with Crippen molar-refractivity contribution in [2.45, 2.75) is 31.8 Å². The summed E-state index contributed by atoms with van der Waals surface area (Å²) in [6.45, 7) is 5.31. The number of ether oxygens (including phenoxy) is 2. The summed E-state index contributed by atoms with van der Waals surface area (Å²) in [5.74, 6) is 0.0624. The van der Waals surface area contributed by atoms with Crippen molar-refractivity contribution in [2.75, 3.05) is 43.2 Å². The van der Waals surface area contributed by atoms with Gasteiger partial charge in [-0.2, -0.15) is 0 Å².